The third-order valence-electron chi connectivity index (χ3n) is 7.04. The molecule has 1 saturated heterocycles. The van der Waals surface area contributed by atoms with Gasteiger partial charge in [-0.05, 0) is 75.7 Å². The highest BCUT2D eigenvalue weighted by Gasteiger charge is 2.23. The van der Waals surface area contributed by atoms with Crippen LogP contribution >= 0.6 is 11.3 Å². The summed E-state index contributed by atoms with van der Waals surface area (Å²) in [5, 5.41) is 8.73. The summed E-state index contributed by atoms with van der Waals surface area (Å²) in [5.41, 5.74) is 7.54. The van der Waals surface area contributed by atoms with Crippen LogP contribution in [-0.4, -0.2) is 33.9 Å². The lowest BCUT2D eigenvalue weighted by Crippen LogP contribution is -2.44. The normalized spacial score (nSPS) is 19.2. The zero-order chi connectivity index (χ0) is 23.4. The molecule has 2 atom stereocenters. The summed E-state index contributed by atoms with van der Waals surface area (Å²) in [6.45, 7) is 6.63. The Kier molecular flexibility index (Phi) is 7.66. The third kappa shape index (κ3) is 5.56. The monoisotopic (exact) mass is 464 g/mol. The zero-order valence-electron chi connectivity index (χ0n) is 19.8. The van der Waals surface area contributed by atoms with Crippen molar-refractivity contribution in [2.24, 2.45) is 5.73 Å². The molecule has 5 nitrogen and oxygen atoms in total. The smallest absolute Gasteiger partial charge is 0.254 e. The van der Waals surface area contributed by atoms with Crippen LogP contribution in [-0.2, 0) is 13.0 Å². The van der Waals surface area contributed by atoms with Gasteiger partial charge in [0.05, 0.1) is 10.4 Å². The third-order valence-corrected chi connectivity index (χ3v) is 8.16. The summed E-state index contributed by atoms with van der Waals surface area (Å²) in [7, 11) is 0. The minimum absolute atomic E-state index is 0.0792. The number of nitrogen functional groups attached to an aromatic ring is 1. The molecule has 0 saturated carbocycles. The van der Waals surface area contributed by atoms with Crippen molar-refractivity contribution in [2.75, 3.05) is 6.54 Å². The van der Waals surface area contributed by atoms with E-state index >= 15 is 0 Å². The van der Waals surface area contributed by atoms with Crippen molar-refractivity contribution in [3.63, 3.8) is 0 Å². The Balaban J connectivity index is 1.45. The second-order valence-corrected chi connectivity index (χ2v) is 10.6. The maximum atomic E-state index is 13.4. The number of nitrogens with two attached hydrogens (primary N) is 1. The number of hydrogen-bond acceptors (Lipinski definition) is 4. The van der Waals surface area contributed by atoms with E-state index in [-0.39, 0.29) is 11.4 Å². The van der Waals surface area contributed by atoms with Gasteiger partial charge in [-0.1, -0.05) is 31.0 Å². The molecule has 1 aromatic carbocycles. The molecule has 3 heterocycles. The van der Waals surface area contributed by atoms with Crippen LogP contribution in [0.2, 0.25) is 0 Å². The summed E-state index contributed by atoms with van der Waals surface area (Å²) in [5.74, 6) is 0.0792. The van der Waals surface area contributed by atoms with Crippen LogP contribution in [0.3, 0.4) is 0 Å². The average molecular weight is 465 g/mol. The summed E-state index contributed by atoms with van der Waals surface area (Å²) < 4.78 is 1.97. The summed E-state index contributed by atoms with van der Waals surface area (Å²) >= 11 is 1.49. The number of likely N-dealkylation sites (tertiary alicyclic amines) is 1. The van der Waals surface area contributed by atoms with Crippen molar-refractivity contribution in [3.8, 4) is 0 Å². The predicted molar refractivity (Wildman–Crippen MR) is 140 cm³/mol. The van der Waals surface area contributed by atoms with Gasteiger partial charge >= 0.3 is 0 Å². The van der Waals surface area contributed by atoms with Gasteiger partial charge in [0.2, 0.25) is 0 Å². The van der Waals surface area contributed by atoms with E-state index in [1.165, 1.54) is 37.0 Å². The van der Waals surface area contributed by atoms with Gasteiger partial charge in [0.25, 0.3) is 5.56 Å². The number of rotatable bonds is 9. The van der Waals surface area contributed by atoms with Crippen LogP contribution in [0.15, 0.2) is 47.3 Å². The van der Waals surface area contributed by atoms with Gasteiger partial charge in [-0.15, -0.1) is 11.3 Å². The Morgan fingerprint density at radius 3 is 2.52 bits per heavy atom. The van der Waals surface area contributed by atoms with Gasteiger partial charge in [-0.2, -0.15) is 0 Å². The number of thiophene rings is 1. The Labute approximate surface area is 200 Å². The number of pyridine rings is 1. The lowest BCUT2D eigenvalue weighted by atomic mass is 9.97. The van der Waals surface area contributed by atoms with Crippen LogP contribution in [0.5, 0.6) is 0 Å². The summed E-state index contributed by atoms with van der Waals surface area (Å²) in [4.78, 5) is 17.9. The van der Waals surface area contributed by atoms with Crippen LogP contribution in [0.4, 0.5) is 0 Å². The molecule has 0 radical (unpaired) electrons. The molecule has 3 N–H and O–H groups in total. The Hall–Kier alpha value is -2.44. The van der Waals surface area contributed by atoms with Gasteiger partial charge in [-0.3, -0.25) is 15.1 Å². The van der Waals surface area contributed by atoms with Crippen molar-refractivity contribution < 1.29 is 0 Å². The molecule has 1 aliphatic heterocycles. The van der Waals surface area contributed by atoms with Gasteiger partial charge in [-0.25, -0.2) is 0 Å². The molecular weight excluding hydrogens is 428 g/mol. The predicted octanol–water partition coefficient (Wildman–Crippen LogP) is 5.37. The lowest BCUT2D eigenvalue weighted by molar-refractivity contribution is 0.101. The molecule has 33 heavy (non-hydrogen) atoms. The number of benzene rings is 1. The summed E-state index contributed by atoms with van der Waals surface area (Å²) in [6.07, 6.45) is 7.89. The maximum Gasteiger partial charge on any atom is 0.254 e. The highest BCUT2D eigenvalue weighted by Crippen LogP contribution is 2.23. The van der Waals surface area contributed by atoms with E-state index in [0.29, 0.717) is 18.5 Å². The van der Waals surface area contributed by atoms with E-state index in [4.69, 9.17) is 11.1 Å². The number of aryl methyl sites for hydroxylation is 1. The average Bonchev–Trinajstić information content (AvgIpc) is 3.26. The zero-order valence-corrected chi connectivity index (χ0v) is 20.7. The molecule has 6 heteroatoms. The van der Waals surface area contributed by atoms with Crippen molar-refractivity contribution >= 4 is 28.1 Å². The fraction of sp³-hybridized carbons (Fsp3) is 0.481. The Bertz CT molecular complexity index is 1150. The maximum absolute atomic E-state index is 13.4. The second kappa shape index (κ2) is 10.7. The fourth-order valence-corrected chi connectivity index (χ4v) is 6.09. The van der Waals surface area contributed by atoms with E-state index in [2.05, 4.69) is 30.9 Å². The number of nitrogens with one attached hydrogen (secondary N) is 1. The molecule has 0 bridgehead atoms. The van der Waals surface area contributed by atoms with E-state index in [9.17, 15) is 4.79 Å². The molecule has 0 amide bonds. The molecule has 0 unspecified atom stereocenters. The number of fused-ring (bicyclic) bond motifs is 1. The number of nitrogens with zero attached hydrogens (tertiary/aromatic N) is 2. The highest BCUT2D eigenvalue weighted by atomic mass is 32.1. The van der Waals surface area contributed by atoms with E-state index in [1.807, 2.05) is 34.9 Å². The van der Waals surface area contributed by atoms with E-state index in [1.54, 1.807) is 0 Å². The first-order valence-corrected chi connectivity index (χ1v) is 13.1. The molecule has 176 valence electrons. The largest absolute Gasteiger partial charge is 0.383 e. The Morgan fingerprint density at radius 2 is 1.79 bits per heavy atom. The number of amidine groups is 1. The fourth-order valence-electron chi connectivity index (χ4n) is 5.20. The van der Waals surface area contributed by atoms with Crippen LogP contribution in [0, 0.1) is 5.41 Å². The standard InChI is InChI=1S/C27H36N4OS/c1-19-9-8-10-20(2)30(19)15-6-3-7-16-31-24-12-5-4-11-21(24)17-22(27(31)32)18-23-13-14-25(33-23)26(28)29/h4-5,11-14,17,19-20H,3,6-10,15-16,18H2,1-2H3,(H3,28,29)/t19-,20+. The first kappa shape index (κ1) is 23.7. The molecule has 1 aliphatic rings. The number of aromatic nitrogens is 1. The van der Waals surface area contributed by atoms with Gasteiger partial charge in [0.1, 0.15) is 5.84 Å². The molecule has 0 aliphatic carbocycles. The van der Waals surface area contributed by atoms with E-state index < -0.39 is 0 Å². The second-order valence-electron chi connectivity index (χ2n) is 9.47. The molecule has 3 aromatic rings. The SMILES string of the molecule is C[C@@H]1CCC[C@H](C)N1CCCCCn1c(=O)c(Cc2ccc(C(=N)N)s2)cc2ccccc21. The lowest BCUT2D eigenvalue weighted by Gasteiger charge is -2.39. The highest BCUT2D eigenvalue weighted by molar-refractivity contribution is 7.14. The van der Waals surface area contributed by atoms with Gasteiger partial charge in [0, 0.05) is 35.5 Å². The minimum Gasteiger partial charge on any atom is -0.383 e. The van der Waals surface area contributed by atoms with Crippen molar-refractivity contribution in [3.05, 3.63) is 68.1 Å². The van der Waals surface area contributed by atoms with Gasteiger partial charge < -0.3 is 10.3 Å². The van der Waals surface area contributed by atoms with Crippen LogP contribution < -0.4 is 11.3 Å². The molecule has 2 aromatic heterocycles. The van der Waals surface area contributed by atoms with Gasteiger partial charge in [0.15, 0.2) is 0 Å². The quantitative estimate of drug-likeness (QED) is 0.254. The number of hydrogen-bond donors (Lipinski definition) is 2. The number of piperidine rings is 1. The number of unbranched alkanes of at least 4 members (excludes halogenated alkanes) is 2. The number of para-hydroxylation sites is 1. The van der Waals surface area contributed by atoms with Crippen molar-refractivity contribution in [1.82, 2.24) is 9.47 Å². The Morgan fingerprint density at radius 1 is 1.06 bits per heavy atom. The van der Waals surface area contributed by atoms with Crippen molar-refractivity contribution in [2.45, 2.75) is 77.4 Å². The van der Waals surface area contributed by atoms with E-state index in [0.717, 1.165) is 52.2 Å². The van der Waals surface area contributed by atoms with Crippen LogP contribution in [0.1, 0.15) is 67.7 Å². The van der Waals surface area contributed by atoms with Crippen LogP contribution in [0.25, 0.3) is 10.9 Å². The molecule has 0 spiro atoms. The molecule has 4 rings (SSSR count). The first-order valence-electron chi connectivity index (χ1n) is 12.2. The molecular formula is C27H36N4OS. The van der Waals surface area contributed by atoms with Crippen molar-refractivity contribution in [1.29, 1.82) is 5.41 Å². The first-order chi connectivity index (χ1) is 15.9. The minimum atomic E-state index is 0.0792. The topological polar surface area (TPSA) is 75.1 Å². The summed E-state index contributed by atoms with van der Waals surface area (Å²) in [6, 6.07) is 15.4. The molecule has 1 fully saturated rings.